The molecule has 0 bridgehead atoms. The second kappa shape index (κ2) is 15.0. The maximum absolute atomic E-state index is 12.6. The fraction of sp³-hybridized carbons (Fsp3) is 0.286. The second-order valence-electron chi connectivity index (χ2n) is 7.14. The summed E-state index contributed by atoms with van der Waals surface area (Å²) in [5.41, 5.74) is 10.9. The first-order chi connectivity index (χ1) is 17.6. The van der Waals surface area contributed by atoms with Crippen molar-refractivity contribution in [2.75, 3.05) is 13.2 Å². The van der Waals surface area contributed by atoms with E-state index in [1.165, 1.54) is 6.07 Å². The van der Waals surface area contributed by atoms with Crippen LogP contribution in [0.15, 0.2) is 63.1 Å². The molecule has 2 rings (SSSR count). The fourth-order valence-corrected chi connectivity index (χ4v) is 4.68. The highest BCUT2D eigenvalue weighted by Gasteiger charge is 2.38. The van der Waals surface area contributed by atoms with E-state index in [9.17, 15) is 31.5 Å². The van der Waals surface area contributed by atoms with Gasteiger partial charge >= 0.3 is 18.1 Å². The van der Waals surface area contributed by atoms with E-state index >= 15 is 0 Å². The van der Waals surface area contributed by atoms with Gasteiger partial charge in [0.15, 0.2) is 0 Å². The van der Waals surface area contributed by atoms with Gasteiger partial charge in [-0.3, -0.25) is 4.79 Å². The van der Waals surface area contributed by atoms with Crippen LogP contribution in [0.5, 0.6) is 5.75 Å². The molecule has 2 aromatic carbocycles. The van der Waals surface area contributed by atoms with Crippen molar-refractivity contribution in [1.82, 2.24) is 4.72 Å². The minimum absolute atomic E-state index is 0.0335. The van der Waals surface area contributed by atoms with Crippen molar-refractivity contribution in [3.8, 4) is 5.75 Å². The number of rotatable bonds is 12. The summed E-state index contributed by atoms with van der Waals surface area (Å²) in [6.07, 6.45) is -4.57. The molecule has 210 valence electrons. The Morgan fingerprint density at radius 2 is 1.63 bits per heavy atom. The van der Waals surface area contributed by atoms with Crippen LogP contribution in [0.2, 0.25) is 0 Å². The van der Waals surface area contributed by atoms with Crippen LogP contribution in [0.3, 0.4) is 0 Å². The number of hydrogen-bond donors (Lipinski definition) is 5. The Morgan fingerprint density at radius 3 is 2.13 bits per heavy atom. The number of nitrogens with one attached hydrogen (secondary N) is 1. The fourth-order valence-electron chi connectivity index (χ4n) is 2.48. The Morgan fingerprint density at radius 1 is 1.05 bits per heavy atom. The van der Waals surface area contributed by atoms with Crippen LogP contribution in [0.1, 0.15) is 12.0 Å². The van der Waals surface area contributed by atoms with Crippen LogP contribution < -0.4 is 20.9 Å². The Balaban J connectivity index is 0.000000905. The lowest BCUT2D eigenvalue weighted by atomic mass is 10.1. The summed E-state index contributed by atoms with van der Waals surface area (Å²) in [7, 11) is -4.03. The van der Waals surface area contributed by atoms with Gasteiger partial charge in [-0.25, -0.2) is 13.2 Å². The van der Waals surface area contributed by atoms with E-state index in [0.29, 0.717) is 28.8 Å². The SMILES string of the molecule is NC(N)=NOCCCOc1ccc(C[C@H](NS(=O)(=O)c2ccccc2Br)C(=O)O)cc1.O=C(O)C(F)(F)F. The van der Waals surface area contributed by atoms with Crippen LogP contribution in [0.25, 0.3) is 0 Å². The summed E-state index contributed by atoms with van der Waals surface area (Å²) in [5, 5.41) is 20.0. The van der Waals surface area contributed by atoms with Gasteiger partial charge in [0.1, 0.15) is 18.4 Å². The maximum atomic E-state index is 12.6. The predicted molar refractivity (Wildman–Crippen MR) is 132 cm³/mol. The van der Waals surface area contributed by atoms with Crippen LogP contribution in [0.4, 0.5) is 13.2 Å². The van der Waals surface area contributed by atoms with Crippen molar-refractivity contribution in [3.63, 3.8) is 0 Å². The molecule has 0 amide bonds. The van der Waals surface area contributed by atoms with Crippen LogP contribution in [0, 0.1) is 0 Å². The van der Waals surface area contributed by atoms with E-state index < -0.39 is 34.2 Å². The first-order valence-corrected chi connectivity index (χ1v) is 12.6. The molecule has 0 heterocycles. The molecule has 0 aliphatic rings. The number of aliphatic carboxylic acids is 2. The Bertz CT molecular complexity index is 1210. The summed E-state index contributed by atoms with van der Waals surface area (Å²) in [5.74, 6) is -3.62. The molecule has 1 atom stereocenters. The highest BCUT2D eigenvalue weighted by Crippen LogP contribution is 2.22. The van der Waals surface area contributed by atoms with Gasteiger partial charge in [0.05, 0.1) is 11.5 Å². The summed E-state index contributed by atoms with van der Waals surface area (Å²) < 4.78 is 65.0. The molecular weight excluding hydrogens is 605 g/mol. The number of alkyl halides is 3. The van der Waals surface area contributed by atoms with Gasteiger partial charge in [0.25, 0.3) is 0 Å². The lowest BCUT2D eigenvalue weighted by Gasteiger charge is -2.16. The van der Waals surface area contributed by atoms with Crippen molar-refractivity contribution >= 4 is 43.9 Å². The number of sulfonamides is 1. The standard InChI is InChI=1S/C19H23BrN4O6S.C2HF3O2/c20-15-4-1-2-5-17(15)31(27,28)24-16(18(25)26)12-13-6-8-14(9-7-13)29-10-3-11-30-23-19(21)22;3-2(4,5)1(6)7/h1-2,4-9,16,24H,3,10-12H2,(H,25,26)(H4,21,22,23);(H,6,7)/t16-;/m0./s1. The smallest absolute Gasteiger partial charge is 0.490 e. The number of oxime groups is 1. The zero-order valence-electron chi connectivity index (χ0n) is 19.4. The highest BCUT2D eigenvalue weighted by atomic mass is 79.9. The van der Waals surface area contributed by atoms with Crippen molar-refractivity contribution < 1.29 is 51.0 Å². The predicted octanol–water partition coefficient (Wildman–Crippen LogP) is 2.03. The topological polar surface area (TPSA) is 204 Å². The number of carbonyl (C=O) groups is 2. The molecule has 2 aromatic rings. The molecule has 0 fully saturated rings. The third-order valence-corrected chi connectivity index (χ3v) is 6.63. The minimum Gasteiger partial charge on any atom is -0.493 e. The highest BCUT2D eigenvalue weighted by molar-refractivity contribution is 9.10. The number of halogens is 4. The van der Waals surface area contributed by atoms with Gasteiger partial charge in [-0.05, 0) is 57.3 Å². The molecule has 7 N–H and O–H groups in total. The first-order valence-electron chi connectivity index (χ1n) is 10.4. The van der Waals surface area contributed by atoms with E-state index in [-0.39, 0.29) is 23.9 Å². The van der Waals surface area contributed by atoms with Gasteiger partial charge in [0.2, 0.25) is 16.0 Å². The molecule has 0 unspecified atom stereocenters. The van der Waals surface area contributed by atoms with Gasteiger partial charge in [-0.1, -0.05) is 24.3 Å². The third kappa shape index (κ3) is 12.1. The van der Waals surface area contributed by atoms with Crippen LogP contribution in [-0.4, -0.2) is 62.0 Å². The van der Waals surface area contributed by atoms with Crippen molar-refractivity contribution in [3.05, 3.63) is 58.6 Å². The van der Waals surface area contributed by atoms with Crippen LogP contribution in [-0.2, 0) is 30.9 Å². The summed E-state index contributed by atoms with van der Waals surface area (Å²) >= 11 is 3.17. The lowest BCUT2D eigenvalue weighted by Crippen LogP contribution is -2.42. The van der Waals surface area contributed by atoms with Crippen molar-refractivity contribution in [2.24, 2.45) is 16.6 Å². The molecule has 0 radical (unpaired) electrons. The summed E-state index contributed by atoms with van der Waals surface area (Å²) in [6, 6.07) is 11.5. The largest absolute Gasteiger partial charge is 0.493 e. The summed E-state index contributed by atoms with van der Waals surface area (Å²) in [4.78, 5) is 25.3. The molecule has 0 saturated carbocycles. The number of hydrogen-bond acceptors (Lipinski definition) is 7. The molecule has 0 spiro atoms. The van der Waals surface area contributed by atoms with Gasteiger partial charge < -0.3 is 31.3 Å². The average molecular weight is 629 g/mol. The van der Waals surface area contributed by atoms with Gasteiger partial charge in [-0.2, -0.15) is 17.9 Å². The van der Waals surface area contributed by atoms with E-state index in [1.54, 1.807) is 42.5 Å². The van der Waals surface area contributed by atoms with Crippen molar-refractivity contribution in [1.29, 1.82) is 0 Å². The zero-order chi connectivity index (χ0) is 28.9. The van der Waals surface area contributed by atoms with E-state index in [4.69, 9.17) is 30.9 Å². The molecule has 12 nitrogen and oxygen atoms in total. The minimum atomic E-state index is -5.08. The summed E-state index contributed by atoms with van der Waals surface area (Å²) in [6.45, 7) is 0.650. The van der Waals surface area contributed by atoms with Crippen LogP contribution >= 0.6 is 15.9 Å². The molecular formula is C21H24BrF3N4O8S. The van der Waals surface area contributed by atoms with Crippen molar-refractivity contribution in [2.45, 2.75) is 30.0 Å². The number of carboxylic acid groups (broad SMARTS) is 2. The number of benzene rings is 2. The zero-order valence-corrected chi connectivity index (χ0v) is 21.8. The van der Waals surface area contributed by atoms with E-state index in [2.05, 4.69) is 25.8 Å². The first kappa shape index (κ1) is 32.5. The lowest BCUT2D eigenvalue weighted by molar-refractivity contribution is -0.192. The Hall–Kier alpha value is -3.57. The Kier molecular flexibility index (Phi) is 12.8. The maximum Gasteiger partial charge on any atom is 0.490 e. The number of guanidine groups is 1. The monoisotopic (exact) mass is 628 g/mol. The number of nitrogens with two attached hydrogens (primary N) is 2. The van der Waals surface area contributed by atoms with E-state index in [0.717, 1.165) is 0 Å². The normalized spacial score (nSPS) is 11.9. The van der Waals surface area contributed by atoms with E-state index in [1.807, 2.05) is 0 Å². The third-order valence-electron chi connectivity index (χ3n) is 4.15. The number of nitrogens with zero attached hydrogens (tertiary/aromatic N) is 1. The molecule has 38 heavy (non-hydrogen) atoms. The quantitative estimate of drug-likeness (QED) is 0.100. The van der Waals surface area contributed by atoms with Gasteiger partial charge in [0, 0.05) is 10.9 Å². The number of ether oxygens (including phenoxy) is 1. The number of carboxylic acids is 2. The molecule has 0 saturated heterocycles. The molecule has 0 aliphatic heterocycles. The second-order valence-corrected chi connectivity index (χ2v) is 9.68. The van der Waals surface area contributed by atoms with Gasteiger partial charge in [-0.15, -0.1) is 0 Å². The Labute approximate surface area is 223 Å². The molecule has 17 heteroatoms. The molecule has 0 aliphatic carbocycles. The average Bonchev–Trinajstić information content (AvgIpc) is 2.81. The molecule has 0 aromatic heterocycles.